The number of carbonyl (C=O) groups excluding carboxylic acids is 1. The van der Waals surface area contributed by atoms with Crippen LogP contribution in [-0.2, 0) is 17.6 Å². The zero-order chi connectivity index (χ0) is 25.7. The molecular formula is C27H29Cl3FN3O3. The van der Waals surface area contributed by atoms with E-state index in [1.807, 2.05) is 17.9 Å². The van der Waals surface area contributed by atoms with Crippen molar-refractivity contribution in [2.24, 2.45) is 11.7 Å². The largest absolute Gasteiger partial charge is 0.487 e. The maximum absolute atomic E-state index is 13.6. The molecule has 6 nitrogen and oxygen atoms in total. The molecule has 4 rings (SSSR count). The number of rotatable bonds is 10. The zero-order valence-corrected chi connectivity index (χ0v) is 22.7. The van der Waals surface area contributed by atoms with Gasteiger partial charge in [-0.05, 0) is 73.2 Å². The molecule has 10 heteroatoms. The van der Waals surface area contributed by atoms with Gasteiger partial charge in [0.1, 0.15) is 25.3 Å². The van der Waals surface area contributed by atoms with Gasteiger partial charge in [-0.2, -0.15) is 0 Å². The number of nitrogens with two attached hydrogens (primary N) is 1. The fraction of sp³-hybridized carbons (Fsp3) is 0.333. The smallest absolute Gasteiger partial charge is 0.213 e. The van der Waals surface area contributed by atoms with E-state index in [9.17, 15) is 9.18 Å². The molecule has 0 bridgehead atoms. The molecule has 0 amide bonds. The number of aromatic nitrogens is 1. The number of pyridine rings is 1. The van der Waals surface area contributed by atoms with E-state index in [2.05, 4.69) is 4.98 Å². The Bertz CT molecular complexity index is 1190. The molecule has 3 aromatic rings. The van der Waals surface area contributed by atoms with Gasteiger partial charge < -0.3 is 24.9 Å². The van der Waals surface area contributed by atoms with Crippen LogP contribution in [0.2, 0.25) is 10.0 Å². The summed E-state index contributed by atoms with van der Waals surface area (Å²) < 4.78 is 25.0. The Hall–Kier alpha value is -2.58. The Balaban J connectivity index is 0.00000380. The first-order valence-corrected chi connectivity index (χ1v) is 12.5. The lowest BCUT2D eigenvalue weighted by Crippen LogP contribution is -2.50. The molecule has 0 saturated heterocycles. The first kappa shape index (κ1) is 29.0. The summed E-state index contributed by atoms with van der Waals surface area (Å²) in [4.78, 5) is 18.3. The quantitative estimate of drug-likeness (QED) is 0.246. The molecule has 0 saturated carbocycles. The highest BCUT2D eigenvalue weighted by atomic mass is 35.5. The van der Waals surface area contributed by atoms with E-state index in [1.165, 1.54) is 6.07 Å². The molecule has 0 aliphatic carbocycles. The number of benzene rings is 2. The van der Waals surface area contributed by atoms with Gasteiger partial charge in [0.25, 0.3) is 0 Å². The number of hydrogen-bond donors (Lipinski definition) is 1. The molecule has 0 spiro atoms. The third-order valence-corrected chi connectivity index (χ3v) is 6.72. The first-order chi connectivity index (χ1) is 17.4. The van der Waals surface area contributed by atoms with Gasteiger partial charge in [-0.25, -0.2) is 9.37 Å². The number of hydrogen-bond acceptors (Lipinski definition) is 6. The van der Waals surface area contributed by atoms with Gasteiger partial charge in [-0.3, -0.25) is 0 Å². The fourth-order valence-corrected chi connectivity index (χ4v) is 5.09. The average Bonchev–Trinajstić information content (AvgIpc) is 2.86. The molecule has 2 aromatic carbocycles. The zero-order valence-electron chi connectivity index (χ0n) is 20.3. The summed E-state index contributed by atoms with van der Waals surface area (Å²) >= 11 is 12.4. The van der Waals surface area contributed by atoms with Crippen LogP contribution in [0, 0.1) is 18.7 Å². The molecule has 0 radical (unpaired) electrons. The van der Waals surface area contributed by atoms with Crippen molar-refractivity contribution in [2.45, 2.75) is 32.4 Å². The minimum atomic E-state index is -0.527. The van der Waals surface area contributed by atoms with Crippen LogP contribution in [0.1, 0.15) is 23.1 Å². The number of aldehydes is 1. The van der Waals surface area contributed by atoms with E-state index < -0.39 is 12.1 Å². The summed E-state index contributed by atoms with van der Waals surface area (Å²) in [5.74, 6) is 0.140. The van der Waals surface area contributed by atoms with Crippen LogP contribution in [0.4, 0.5) is 10.1 Å². The summed E-state index contributed by atoms with van der Waals surface area (Å²) in [5.41, 5.74) is 10.1. The third-order valence-electron chi connectivity index (χ3n) is 6.16. The molecule has 2 N–H and O–H groups in total. The molecule has 1 aliphatic rings. The molecule has 2 unspecified atom stereocenters. The van der Waals surface area contributed by atoms with Gasteiger partial charge in [0.2, 0.25) is 5.88 Å². The molecule has 1 aromatic heterocycles. The predicted molar refractivity (Wildman–Crippen MR) is 147 cm³/mol. The van der Waals surface area contributed by atoms with Crippen LogP contribution < -0.4 is 20.1 Å². The lowest BCUT2D eigenvalue weighted by atomic mass is 9.94. The van der Waals surface area contributed by atoms with E-state index in [4.69, 9.17) is 38.4 Å². The van der Waals surface area contributed by atoms with E-state index in [0.717, 1.165) is 48.1 Å². The topological polar surface area (TPSA) is 77.7 Å². The highest BCUT2D eigenvalue weighted by Gasteiger charge is 2.28. The lowest BCUT2D eigenvalue weighted by Gasteiger charge is -2.38. The van der Waals surface area contributed by atoms with Gasteiger partial charge in [-0.1, -0.05) is 29.3 Å². The normalized spacial score (nSPS) is 14.2. The number of fused-ring (bicyclic) bond motifs is 1. The Morgan fingerprint density at radius 1 is 1.14 bits per heavy atom. The minimum absolute atomic E-state index is 0. The second kappa shape index (κ2) is 13.3. The number of carbonyl (C=O) groups is 1. The molecule has 37 heavy (non-hydrogen) atoms. The monoisotopic (exact) mass is 567 g/mol. The van der Waals surface area contributed by atoms with Gasteiger partial charge in [0.05, 0.1) is 22.1 Å². The van der Waals surface area contributed by atoms with Gasteiger partial charge >= 0.3 is 0 Å². The average molecular weight is 569 g/mol. The fourth-order valence-electron chi connectivity index (χ4n) is 4.39. The van der Waals surface area contributed by atoms with Crippen molar-refractivity contribution in [1.82, 2.24) is 4.98 Å². The van der Waals surface area contributed by atoms with Gasteiger partial charge in [0.15, 0.2) is 5.75 Å². The van der Waals surface area contributed by atoms with Crippen molar-refractivity contribution in [3.05, 3.63) is 81.2 Å². The predicted octanol–water partition coefficient (Wildman–Crippen LogP) is 5.81. The summed E-state index contributed by atoms with van der Waals surface area (Å²) in [6.45, 7) is 3.12. The van der Waals surface area contributed by atoms with Gasteiger partial charge in [-0.15, -0.1) is 12.4 Å². The number of aryl methyl sites for hydroxylation is 2. The van der Waals surface area contributed by atoms with E-state index in [0.29, 0.717) is 28.1 Å². The maximum atomic E-state index is 13.6. The standard InChI is InChI=1S/C27H28Cl2FN3O3.ClH/c1-17-11-22(28)26(23(29)12-17)36-10-9-35-25-7-4-18(15-32-25)13-20(16-34)27(31)33-8-2-3-19-14-21(30)5-6-24(19)33;/h4-7,11-12,14-16,20,27H,2-3,8-10,13,31H2,1H3;1H. The Labute approximate surface area is 232 Å². The molecule has 198 valence electrons. The number of nitrogens with zero attached hydrogens (tertiary/aromatic N) is 2. The summed E-state index contributed by atoms with van der Waals surface area (Å²) in [5, 5.41) is 0.899. The van der Waals surface area contributed by atoms with Crippen LogP contribution in [0.15, 0.2) is 48.7 Å². The molecular weight excluding hydrogens is 540 g/mol. The Morgan fingerprint density at radius 2 is 1.86 bits per heavy atom. The van der Waals surface area contributed by atoms with Crippen molar-refractivity contribution in [3.63, 3.8) is 0 Å². The number of anilines is 1. The SMILES string of the molecule is Cc1cc(Cl)c(OCCOc2ccc(CC(C=O)C(N)N3CCCc4cc(F)ccc43)cn2)c(Cl)c1.Cl. The van der Waals surface area contributed by atoms with Crippen LogP contribution in [-0.4, -0.2) is 37.2 Å². The van der Waals surface area contributed by atoms with Crippen molar-refractivity contribution in [2.75, 3.05) is 24.7 Å². The van der Waals surface area contributed by atoms with Crippen LogP contribution in [0.5, 0.6) is 11.6 Å². The van der Waals surface area contributed by atoms with Crippen LogP contribution >= 0.6 is 35.6 Å². The summed E-state index contributed by atoms with van der Waals surface area (Å²) in [7, 11) is 0. The van der Waals surface area contributed by atoms with Crippen molar-refractivity contribution < 1.29 is 18.7 Å². The number of ether oxygens (including phenoxy) is 2. The lowest BCUT2D eigenvalue weighted by molar-refractivity contribution is -0.111. The van der Waals surface area contributed by atoms with Crippen LogP contribution in [0.3, 0.4) is 0 Å². The summed E-state index contributed by atoms with van der Waals surface area (Å²) in [6.07, 6.45) is 4.11. The second-order valence-corrected chi connectivity index (χ2v) is 9.64. The first-order valence-electron chi connectivity index (χ1n) is 11.8. The van der Waals surface area contributed by atoms with Crippen molar-refractivity contribution >= 4 is 47.6 Å². The highest BCUT2D eigenvalue weighted by Crippen LogP contribution is 2.34. The molecule has 0 fully saturated rings. The molecule has 2 heterocycles. The second-order valence-electron chi connectivity index (χ2n) is 8.82. The van der Waals surface area contributed by atoms with Crippen LogP contribution in [0.25, 0.3) is 0 Å². The summed E-state index contributed by atoms with van der Waals surface area (Å²) in [6, 6.07) is 11.9. The van der Waals surface area contributed by atoms with E-state index in [-0.39, 0.29) is 31.4 Å². The van der Waals surface area contributed by atoms with Crippen molar-refractivity contribution in [3.8, 4) is 11.6 Å². The molecule has 2 atom stereocenters. The third kappa shape index (κ3) is 7.26. The van der Waals surface area contributed by atoms with Crippen molar-refractivity contribution in [1.29, 1.82) is 0 Å². The van der Waals surface area contributed by atoms with E-state index >= 15 is 0 Å². The minimum Gasteiger partial charge on any atom is -0.487 e. The van der Waals surface area contributed by atoms with E-state index in [1.54, 1.807) is 36.5 Å². The highest BCUT2D eigenvalue weighted by molar-refractivity contribution is 6.37. The Kier molecular flexibility index (Phi) is 10.4. The van der Waals surface area contributed by atoms with Gasteiger partial charge in [0, 0.05) is 24.5 Å². The molecule has 1 aliphatic heterocycles. The maximum Gasteiger partial charge on any atom is 0.213 e. The Morgan fingerprint density at radius 3 is 2.54 bits per heavy atom. The number of halogens is 4.